The number of alkyl halides is 3. The molecule has 22 heavy (non-hydrogen) atoms. The summed E-state index contributed by atoms with van der Waals surface area (Å²) in [7, 11) is 1.03. The molecular weight excluding hydrogens is 328 g/mol. The van der Waals surface area contributed by atoms with Crippen LogP contribution in [0.1, 0.15) is 11.3 Å². The van der Waals surface area contributed by atoms with Crippen molar-refractivity contribution in [2.45, 2.75) is 13.1 Å². The van der Waals surface area contributed by atoms with E-state index in [2.05, 4.69) is 4.98 Å². The molecule has 4 nitrogen and oxygen atoms in total. The summed E-state index contributed by atoms with van der Waals surface area (Å²) >= 11 is 5.75. The fourth-order valence-electron chi connectivity index (χ4n) is 1.78. The monoisotopic (exact) mass is 336 g/mol. The molecule has 0 unspecified atom stereocenters. The topological polar surface area (TPSA) is 44.1 Å². The molecule has 0 aliphatic rings. The number of nitrogens with zero attached hydrogens (tertiary/aromatic N) is 2. The van der Waals surface area contributed by atoms with Crippen molar-refractivity contribution in [2.75, 3.05) is 7.11 Å². The molecule has 0 atom stereocenters. The average Bonchev–Trinajstić information content (AvgIpc) is 2.41. The molecule has 0 N–H and O–H groups in total. The van der Waals surface area contributed by atoms with E-state index in [9.17, 15) is 22.4 Å². The number of rotatable bonds is 2. The Bertz CT molecular complexity index is 787. The zero-order valence-corrected chi connectivity index (χ0v) is 12.1. The Balaban J connectivity index is 2.77. The van der Waals surface area contributed by atoms with E-state index in [-0.39, 0.29) is 16.8 Å². The van der Waals surface area contributed by atoms with E-state index < -0.39 is 29.3 Å². The van der Waals surface area contributed by atoms with Crippen molar-refractivity contribution in [3.8, 4) is 11.7 Å². The fourth-order valence-corrected chi connectivity index (χ4v) is 1.93. The molecule has 0 spiro atoms. The van der Waals surface area contributed by atoms with Gasteiger partial charge in [-0.1, -0.05) is 11.6 Å². The van der Waals surface area contributed by atoms with Crippen LogP contribution in [0.15, 0.2) is 23.0 Å². The Morgan fingerprint density at radius 2 is 1.91 bits per heavy atom. The lowest BCUT2D eigenvalue weighted by molar-refractivity contribution is -0.141. The highest BCUT2D eigenvalue weighted by molar-refractivity contribution is 6.31. The van der Waals surface area contributed by atoms with Gasteiger partial charge in [-0.3, -0.25) is 4.79 Å². The van der Waals surface area contributed by atoms with E-state index >= 15 is 0 Å². The third kappa shape index (κ3) is 2.92. The molecule has 1 heterocycles. The molecule has 118 valence electrons. The maximum atomic E-state index is 14.0. The maximum absolute atomic E-state index is 14.0. The molecule has 0 aliphatic carbocycles. The van der Waals surface area contributed by atoms with Gasteiger partial charge in [0.15, 0.2) is 5.69 Å². The molecule has 9 heteroatoms. The number of hydrogen-bond acceptors (Lipinski definition) is 3. The lowest BCUT2D eigenvalue weighted by Crippen LogP contribution is -2.25. The summed E-state index contributed by atoms with van der Waals surface area (Å²) < 4.78 is 57.3. The van der Waals surface area contributed by atoms with Gasteiger partial charge in [0.25, 0.3) is 5.56 Å². The summed E-state index contributed by atoms with van der Waals surface area (Å²) in [6.45, 7) is 1.56. The highest BCUT2D eigenvalue weighted by Gasteiger charge is 2.34. The largest absolute Gasteiger partial charge is 0.468 e. The van der Waals surface area contributed by atoms with E-state index in [1.807, 2.05) is 0 Å². The Labute approximate surface area is 126 Å². The summed E-state index contributed by atoms with van der Waals surface area (Å²) in [5, 5.41) is 0.119. The molecule has 0 saturated carbocycles. The Hall–Kier alpha value is -2.09. The minimum Gasteiger partial charge on any atom is -0.468 e. The van der Waals surface area contributed by atoms with Gasteiger partial charge in [-0.05, 0) is 24.6 Å². The third-order valence-electron chi connectivity index (χ3n) is 2.83. The molecule has 0 bridgehead atoms. The van der Waals surface area contributed by atoms with Crippen molar-refractivity contribution in [2.24, 2.45) is 0 Å². The number of halogens is 5. The van der Waals surface area contributed by atoms with Crippen molar-refractivity contribution in [1.82, 2.24) is 9.55 Å². The van der Waals surface area contributed by atoms with Crippen molar-refractivity contribution in [1.29, 1.82) is 0 Å². The predicted molar refractivity (Wildman–Crippen MR) is 71.1 cm³/mol. The number of hydrogen-bond donors (Lipinski definition) is 0. The second-order valence-electron chi connectivity index (χ2n) is 4.35. The van der Waals surface area contributed by atoms with Crippen LogP contribution >= 0.6 is 11.6 Å². The third-order valence-corrected chi connectivity index (χ3v) is 3.24. The molecule has 0 aliphatic heterocycles. The summed E-state index contributed by atoms with van der Waals surface area (Å²) in [5.41, 5.74) is -2.41. The fraction of sp³-hybridized carbons (Fsp3) is 0.231. The van der Waals surface area contributed by atoms with Crippen LogP contribution in [0.4, 0.5) is 17.6 Å². The zero-order chi connectivity index (χ0) is 16.7. The second-order valence-corrected chi connectivity index (χ2v) is 4.76. The van der Waals surface area contributed by atoms with Crippen LogP contribution in [0.5, 0.6) is 6.01 Å². The molecule has 2 rings (SSSR count). The molecule has 1 aromatic carbocycles. The van der Waals surface area contributed by atoms with Gasteiger partial charge in [0.2, 0.25) is 0 Å². The first-order chi connectivity index (χ1) is 10.1. The number of methoxy groups -OCH3 is 1. The molecule has 0 radical (unpaired) electrons. The van der Waals surface area contributed by atoms with Crippen molar-refractivity contribution >= 4 is 11.6 Å². The van der Waals surface area contributed by atoms with Crippen LogP contribution in [0.2, 0.25) is 5.02 Å². The van der Waals surface area contributed by atoms with Crippen LogP contribution in [-0.4, -0.2) is 16.7 Å². The first-order valence-electron chi connectivity index (χ1n) is 5.86. The van der Waals surface area contributed by atoms with Crippen LogP contribution in [0.25, 0.3) is 5.69 Å². The zero-order valence-electron chi connectivity index (χ0n) is 11.3. The molecule has 0 saturated heterocycles. The van der Waals surface area contributed by atoms with Gasteiger partial charge in [-0.15, -0.1) is 0 Å². The SMILES string of the molecule is COc1nc(C(F)(F)F)cc(=O)n1-c1cc(C)c(Cl)cc1F. The van der Waals surface area contributed by atoms with E-state index in [1.165, 1.54) is 6.07 Å². The highest BCUT2D eigenvalue weighted by atomic mass is 35.5. The van der Waals surface area contributed by atoms with Gasteiger partial charge in [-0.25, -0.2) is 8.96 Å². The normalized spacial score (nSPS) is 11.6. The van der Waals surface area contributed by atoms with Crippen molar-refractivity contribution < 1.29 is 22.3 Å². The second kappa shape index (κ2) is 5.60. The number of benzene rings is 1. The number of aryl methyl sites for hydroxylation is 1. The smallest absolute Gasteiger partial charge is 0.433 e. The van der Waals surface area contributed by atoms with Gasteiger partial charge < -0.3 is 4.74 Å². The quantitative estimate of drug-likeness (QED) is 0.790. The van der Waals surface area contributed by atoms with Crippen LogP contribution in [0.3, 0.4) is 0 Å². The van der Waals surface area contributed by atoms with E-state index in [4.69, 9.17) is 16.3 Å². The van der Waals surface area contributed by atoms with Crippen molar-refractivity contribution in [3.05, 3.63) is 50.7 Å². The first kappa shape index (κ1) is 16.3. The van der Waals surface area contributed by atoms with Gasteiger partial charge >= 0.3 is 12.2 Å². The molecule has 1 aromatic heterocycles. The summed E-state index contributed by atoms with van der Waals surface area (Å²) in [6, 6.07) is 1.76. The van der Waals surface area contributed by atoms with Gasteiger partial charge in [0.1, 0.15) is 5.82 Å². The predicted octanol–water partition coefficient (Wildman–Crippen LogP) is 3.36. The first-order valence-corrected chi connectivity index (χ1v) is 6.24. The number of ether oxygens (including phenoxy) is 1. The van der Waals surface area contributed by atoms with E-state index in [0.29, 0.717) is 10.1 Å². The van der Waals surface area contributed by atoms with Crippen LogP contribution < -0.4 is 10.3 Å². The minimum absolute atomic E-state index is 0.119. The minimum atomic E-state index is -4.82. The maximum Gasteiger partial charge on any atom is 0.433 e. The molecule has 0 fully saturated rings. The summed E-state index contributed by atoms with van der Waals surface area (Å²) in [5.74, 6) is -0.891. The molecular formula is C13H9ClF4N2O2. The van der Waals surface area contributed by atoms with Gasteiger partial charge in [-0.2, -0.15) is 18.2 Å². The summed E-state index contributed by atoms with van der Waals surface area (Å²) in [4.78, 5) is 15.2. The lowest BCUT2D eigenvalue weighted by atomic mass is 10.2. The standard InChI is InChI=1S/C13H9ClF4N2O2/c1-6-3-9(8(15)4-7(6)14)20-11(21)5-10(13(16,17)18)19-12(20)22-2/h3-5H,1-2H3. The lowest BCUT2D eigenvalue weighted by Gasteiger charge is -2.14. The molecule has 2 aromatic rings. The average molecular weight is 337 g/mol. The Morgan fingerprint density at radius 1 is 1.27 bits per heavy atom. The van der Waals surface area contributed by atoms with Crippen LogP contribution in [-0.2, 0) is 6.18 Å². The van der Waals surface area contributed by atoms with Crippen LogP contribution in [0, 0.1) is 12.7 Å². The molecule has 0 amide bonds. The Kier molecular flexibility index (Phi) is 4.15. The number of aromatic nitrogens is 2. The highest BCUT2D eigenvalue weighted by Crippen LogP contribution is 2.29. The summed E-state index contributed by atoms with van der Waals surface area (Å²) in [6.07, 6.45) is -4.82. The Morgan fingerprint density at radius 3 is 2.45 bits per heavy atom. The van der Waals surface area contributed by atoms with Gasteiger partial charge in [0, 0.05) is 11.1 Å². The van der Waals surface area contributed by atoms with Gasteiger partial charge in [0.05, 0.1) is 12.8 Å². The van der Waals surface area contributed by atoms with E-state index in [1.54, 1.807) is 6.92 Å². The van der Waals surface area contributed by atoms with Crippen molar-refractivity contribution in [3.63, 3.8) is 0 Å². The van der Waals surface area contributed by atoms with E-state index in [0.717, 1.165) is 13.2 Å².